The molecule has 1 aliphatic heterocycles. The van der Waals surface area contributed by atoms with Crippen LogP contribution < -0.4 is 14.8 Å². The second-order valence-electron chi connectivity index (χ2n) is 6.20. The lowest BCUT2D eigenvalue weighted by Crippen LogP contribution is -2.16. The number of anilines is 1. The molecule has 1 N–H and O–H groups in total. The first-order valence-corrected chi connectivity index (χ1v) is 9.00. The number of nitrogens with zero attached hydrogens (tertiary/aromatic N) is 2. The van der Waals surface area contributed by atoms with Crippen LogP contribution in [-0.4, -0.2) is 22.5 Å². The predicted molar refractivity (Wildman–Crippen MR) is 102 cm³/mol. The molecule has 0 aliphatic carbocycles. The van der Waals surface area contributed by atoms with Gasteiger partial charge in [-0.05, 0) is 35.7 Å². The molecule has 1 amide bonds. The van der Waals surface area contributed by atoms with Gasteiger partial charge in [0.05, 0.1) is 12.7 Å². The minimum Gasteiger partial charge on any atom is -0.454 e. The Bertz CT molecular complexity index is 971. The molecule has 0 saturated heterocycles. The monoisotopic (exact) mass is 383 g/mol. The normalized spacial score (nSPS) is 12.2. The van der Waals surface area contributed by atoms with Gasteiger partial charge in [-0.15, -0.1) is 0 Å². The third kappa shape index (κ3) is 4.06. The summed E-state index contributed by atoms with van der Waals surface area (Å²) in [6.45, 7) is 0.735. The molecule has 0 saturated carbocycles. The lowest BCUT2D eigenvalue weighted by Gasteiger charge is -2.10. The first-order valence-electron chi connectivity index (χ1n) is 8.62. The van der Waals surface area contributed by atoms with Gasteiger partial charge in [0.25, 0.3) is 0 Å². The number of rotatable bonds is 6. The number of carbonyl (C=O) groups is 1. The van der Waals surface area contributed by atoms with E-state index in [2.05, 4.69) is 10.4 Å². The van der Waals surface area contributed by atoms with Crippen LogP contribution in [0.1, 0.15) is 17.5 Å². The average molecular weight is 384 g/mol. The Morgan fingerprint density at radius 3 is 2.89 bits per heavy atom. The van der Waals surface area contributed by atoms with E-state index >= 15 is 0 Å². The fraction of sp³-hybridized carbons (Fsp3) is 0.200. The highest BCUT2D eigenvalue weighted by Gasteiger charge is 2.14. The second-order valence-corrected chi connectivity index (χ2v) is 6.61. The average Bonchev–Trinajstić information content (AvgIpc) is 3.31. The van der Waals surface area contributed by atoms with Crippen molar-refractivity contribution in [1.82, 2.24) is 9.78 Å². The van der Waals surface area contributed by atoms with Gasteiger partial charge in [-0.2, -0.15) is 5.10 Å². The van der Waals surface area contributed by atoms with E-state index in [1.807, 2.05) is 42.5 Å². The van der Waals surface area contributed by atoms with Crippen LogP contribution in [0.4, 0.5) is 5.82 Å². The summed E-state index contributed by atoms with van der Waals surface area (Å²) in [5.41, 5.74) is 1.97. The molecule has 2 aromatic carbocycles. The number of aryl methyl sites for hydroxylation is 1. The van der Waals surface area contributed by atoms with E-state index in [1.54, 1.807) is 16.9 Å². The summed E-state index contributed by atoms with van der Waals surface area (Å²) in [6.07, 6.45) is 2.63. The van der Waals surface area contributed by atoms with Crippen molar-refractivity contribution in [3.05, 3.63) is 70.9 Å². The van der Waals surface area contributed by atoms with Crippen LogP contribution >= 0.6 is 11.6 Å². The zero-order valence-corrected chi connectivity index (χ0v) is 15.3. The van der Waals surface area contributed by atoms with Crippen molar-refractivity contribution in [2.45, 2.75) is 19.4 Å². The standard InChI is InChI=1S/C20H18ClN3O3/c21-16-4-2-1-3-15(16)12-24-19(9-10-22-24)23-20(25)8-6-14-5-7-17-18(11-14)27-13-26-17/h1-5,7,9-11H,6,8,12-13H2,(H,23,25). The molecule has 0 spiro atoms. The molecule has 0 atom stereocenters. The SMILES string of the molecule is O=C(CCc1ccc2c(c1)OCO2)Nc1ccnn1Cc1ccccc1Cl. The van der Waals surface area contributed by atoms with Crippen molar-refractivity contribution in [3.8, 4) is 11.5 Å². The third-order valence-corrected chi connectivity index (χ3v) is 4.71. The van der Waals surface area contributed by atoms with Crippen LogP contribution in [0.3, 0.4) is 0 Å². The van der Waals surface area contributed by atoms with Gasteiger partial charge < -0.3 is 14.8 Å². The van der Waals surface area contributed by atoms with E-state index in [0.29, 0.717) is 30.2 Å². The second kappa shape index (κ2) is 7.72. The fourth-order valence-corrected chi connectivity index (χ4v) is 3.11. The first kappa shape index (κ1) is 17.4. The van der Waals surface area contributed by atoms with Gasteiger partial charge in [-0.25, -0.2) is 4.68 Å². The molecule has 6 nitrogen and oxygen atoms in total. The Morgan fingerprint density at radius 1 is 1.15 bits per heavy atom. The van der Waals surface area contributed by atoms with E-state index in [-0.39, 0.29) is 12.7 Å². The van der Waals surface area contributed by atoms with Gasteiger partial charge in [0.15, 0.2) is 11.5 Å². The number of hydrogen-bond acceptors (Lipinski definition) is 4. The summed E-state index contributed by atoms with van der Waals surface area (Å²) < 4.78 is 12.4. The first-order chi connectivity index (χ1) is 13.2. The van der Waals surface area contributed by atoms with Gasteiger partial charge in [0.2, 0.25) is 12.7 Å². The van der Waals surface area contributed by atoms with Crippen LogP contribution in [0.5, 0.6) is 11.5 Å². The van der Waals surface area contributed by atoms with E-state index in [9.17, 15) is 4.79 Å². The van der Waals surface area contributed by atoms with Gasteiger partial charge in [0, 0.05) is 17.5 Å². The van der Waals surface area contributed by atoms with E-state index in [1.165, 1.54) is 0 Å². The number of benzene rings is 2. The maximum atomic E-state index is 12.4. The van der Waals surface area contributed by atoms with E-state index in [0.717, 1.165) is 22.6 Å². The minimum atomic E-state index is -0.0754. The van der Waals surface area contributed by atoms with E-state index < -0.39 is 0 Å². The molecule has 2 heterocycles. The largest absolute Gasteiger partial charge is 0.454 e. The maximum absolute atomic E-state index is 12.4. The highest BCUT2D eigenvalue weighted by Crippen LogP contribution is 2.32. The van der Waals surface area contributed by atoms with Crippen molar-refractivity contribution >= 4 is 23.3 Å². The molecule has 0 bridgehead atoms. The Kier molecular flexibility index (Phi) is 4.98. The molecule has 138 valence electrons. The number of carbonyl (C=O) groups excluding carboxylic acids is 1. The Morgan fingerprint density at radius 2 is 2.00 bits per heavy atom. The van der Waals surface area contributed by atoms with Crippen LogP contribution in [0.2, 0.25) is 5.02 Å². The van der Waals surface area contributed by atoms with Crippen molar-refractivity contribution < 1.29 is 14.3 Å². The fourth-order valence-electron chi connectivity index (χ4n) is 2.91. The molecule has 7 heteroatoms. The lowest BCUT2D eigenvalue weighted by molar-refractivity contribution is -0.116. The zero-order chi connectivity index (χ0) is 18.6. The molecule has 4 rings (SSSR count). The topological polar surface area (TPSA) is 65.4 Å². The summed E-state index contributed by atoms with van der Waals surface area (Å²) in [6, 6.07) is 15.1. The van der Waals surface area contributed by atoms with Crippen molar-refractivity contribution in [1.29, 1.82) is 0 Å². The lowest BCUT2D eigenvalue weighted by atomic mass is 10.1. The van der Waals surface area contributed by atoms with Gasteiger partial charge in [-0.1, -0.05) is 35.9 Å². The molecule has 0 fully saturated rings. The molecule has 3 aromatic rings. The smallest absolute Gasteiger partial charge is 0.231 e. The minimum absolute atomic E-state index is 0.0754. The predicted octanol–water partition coefficient (Wildman–Crippen LogP) is 3.88. The van der Waals surface area contributed by atoms with Crippen LogP contribution in [0.25, 0.3) is 0 Å². The number of fused-ring (bicyclic) bond motifs is 1. The van der Waals surface area contributed by atoms with Crippen LogP contribution in [0, 0.1) is 0 Å². The number of amides is 1. The Labute approximate surface area is 161 Å². The summed E-state index contributed by atoms with van der Waals surface area (Å²) in [5, 5.41) is 7.87. The van der Waals surface area contributed by atoms with Crippen molar-refractivity contribution in [3.63, 3.8) is 0 Å². The summed E-state index contributed by atoms with van der Waals surface area (Å²) in [5.74, 6) is 2.04. The third-order valence-electron chi connectivity index (χ3n) is 4.34. The molecule has 27 heavy (non-hydrogen) atoms. The van der Waals surface area contributed by atoms with E-state index in [4.69, 9.17) is 21.1 Å². The van der Waals surface area contributed by atoms with Gasteiger partial charge >= 0.3 is 0 Å². The van der Waals surface area contributed by atoms with Crippen LogP contribution in [-0.2, 0) is 17.8 Å². The highest BCUT2D eigenvalue weighted by molar-refractivity contribution is 6.31. The molecular weight excluding hydrogens is 366 g/mol. The summed E-state index contributed by atoms with van der Waals surface area (Å²) in [4.78, 5) is 12.4. The van der Waals surface area contributed by atoms with Crippen molar-refractivity contribution in [2.75, 3.05) is 12.1 Å². The molecule has 1 aromatic heterocycles. The summed E-state index contributed by atoms with van der Waals surface area (Å²) >= 11 is 6.21. The van der Waals surface area contributed by atoms with Crippen LogP contribution in [0.15, 0.2) is 54.7 Å². The zero-order valence-electron chi connectivity index (χ0n) is 14.5. The Balaban J connectivity index is 1.36. The molecule has 0 unspecified atom stereocenters. The number of hydrogen-bond donors (Lipinski definition) is 1. The van der Waals surface area contributed by atoms with Gasteiger partial charge in [0.1, 0.15) is 5.82 Å². The maximum Gasteiger partial charge on any atom is 0.231 e. The highest BCUT2D eigenvalue weighted by atomic mass is 35.5. The summed E-state index contributed by atoms with van der Waals surface area (Å²) in [7, 11) is 0. The number of halogens is 1. The molecule has 0 radical (unpaired) electrons. The number of nitrogens with one attached hydrogen (secondary N) is 1. The molecule has 1 aliphatic rings. The molecular formula is C20H18ClN3O3. The Hall–Kier alpha value is -2.99. The quantitative estimate of drug-likeness (QED) is 0.701. The number of ether oxygens (including phenoxy) is 2. The number of aromatic nitrogens is 2. The van der Waals surface area contributed by atoms with Crippen molar-refractivity contribution in [2.24, 2.45) is 0 Å². The van der Waals surface area contributed by atoms with Gasteiger partial charge in [-0.3, -0.25) is 4.79 Å².